The molecule has 0 aliphatic carbocycles. The molecule has 0 bridgehead atoms. The van der Waals surface area contributed by atoms with Gasteiger partial charge in [0.2, 0.25) is 0 Å². The second kappa shape index (κ2) is 3.96. The van der Waals surface area contributed by atoms with Gasteiger partial charge >= 0.3 is 0 Å². The molecule has 3 nitrogen and oxygen atoms in total. The van der Waals surface area contributed by atoms with Crippen LogP contribution < -0.4 is 5.32 Å². The van der Waals surface area contributed by atoms with E-state index in [2.05, 4.69) is 10.3 Å². The van der Waals surface area contributed by atoms with E-state index in [-0.39, 0.29) is 11.7 Å². The summed E-state index contributed by atoms with van der Waals surface area (Å²) in [5.74, 6) is -0.490. The number of benzene rings is 1. The van der Waals surface area contributed by atoms with E-state index in [4.69, 9.17) is 0 Å². The average molecular weight is 220 g/mol. The van der Waals surface area contributed by atoms with Crippen molar-refractivity contribution in [2.45, 2.75) is 13.8 Å². The van der Waals surface area contributed by atoms with Crippen molar-refractivity contribution in [1.82, 2.24) is 10.3 Å². The minimum absolute atomic E-state index is 0.186. The lowest BCUT2D eigenvalue weighted by Crippen LogP contribution is -2.22. The van der Waals surface area contributed by atoms with Crippen LogP contribution in [0, 0.1) is 12.7 Å². The van der Waals surface area contributed by atoms with Crippen molar-refractivity contribution < 1.29 is 9.18 Å². The first-order chi connectivity index (χ1) is 7.65. The molecule has 2 rings (SSSR count). The highest BCUT2D eigenvalue weighted by atomic mass is 19.1. The molecule has 0 unspecified atom stereocenters. The molecule has 0 fully saturated rings. The molecule has 2 aromatic rings. The lowest BCUT2D eigenvalue weighted by molar-refractivity contribution is 0.0957. The molecule has 0 radical (unpaired) electrons. The lowest BCUT2D eigenvalue weighted by atomic mass is 10.1. The van der Waals surface area contributed by atoms with Crippen LogP contribution in [0.1, 0.15) is 22.8 Å². The van der Waals surface area contributed by atoms with Crippen LogP contribution in [0.2, 0.25) is 0 Å². The summed E-state index contributed by atoms with van der Waals surface area (Å²) in [7, 11) is 0. The third kappa shape index (κ3) is 1.56. The van der Waals surface area contributed by atoms with Gasteiger partial charge in [0.25, 0.3) is 5.91 Å². The second-order valence-electron chi connectivity index (χ2n) is 3.68. The number of fused-ring (bicyclic) bond motifs is 1. The van der Waals surface area contributed by atoms with Crippen LogP contribution in [-0.4, -0.2) is 17.4 Å². The molecule has 84 valence electrons. The first-order valence-corrected chi connectivity index (χ1v) is 5.19. The summed E-state index contributed by atoms with van der Waals surface area (Å²) >= 11 is 0. The molecule has 0 aliphatic heterocycles. The van der Waals surface area contributed by atoms with Crippen LogP contribution in [-0.2, 0) is 0 Å². The zero-order valence-corrected chi connectivity index (χ0v) is 9.23. The maximum atomic E-state index is 13.6. The van der Waals surface area contributed by atoms with Gasteiger partial charge in [0.15, 0.2) is 0 Å². The Bertz CT molecular complexity index is 545. The van der Waals surface area contributed by atoms with E-state index in [0.717, 1.165) is 5.56 Å². The van der Waals surface area contributed by atoms with Crippen molar-refractivity contribution >= 4 is 16.8 Å². The van der Waals surface area contributed by atoms with Gasteiger partial charge in [0.05, 0.1) is 11.1 Å². The zero-order chi connectivity index (χ0) is 11.7. The molecular weight excluding hydrogens is 207 g/mol. The van der Waals surface area contributed by atoms with Gasteiger partial charge in [-0.15, -0.1) is 0 Å². The Hall–Kier alpha value is -1.84. The van der Waals surface area contributed by atoms with E-state index in [1.54, 1.807) is 6.20 Å². The Morgan fingerprint density at radius 2 is 2.25 bits per heavy atom. The van der Waals surface area contributed by atoms with Crippen LogP contribution in [0.3, 0.4) is 0 Å². The standard InChI is InChI=1S/C12H13FN2O/c1-3-14-12(16)8-4-5-9(13)10-7(2)6-15-11(8)10/h4-6,15H,3H2,1-2H3,(H,14,16). The molecule has 0 saturated heterocycles. The number of nitrogens with one attached hydrogen (secondary N) is 2. The molecule has 0 saturated carbocycles. The van der Waals surface area contributed by atoms with Crippen LogP contribution >= 0.6 is 0 Å². The SMILES string of the molecule is CCNC(=O)c1ccc(F)c2c(C)c[nH]c12. The number of aromatic amines is 1. The minimum Gasteiger partial charge on any atom is -0.360 e. The van der Waals surface area contributed by atoms with Crippen molar-refractivity contribution in [3.8, 4) is 0 Å². The Labute approximate surface area is 92.7 Å². The normalized spacial score (nSPS) is 10.7. The molecule has 1 heterocycles. The van der Waals surface area contributed by atoms with Gasteiger partial charge in [-0.1, -0.05) is 0 Å². The molecule has 16 heavy (non-hydrogen) atoms. The third-order valence-corrected chi connectivity index (χ3v) is 2.56. The van der Waals surface area contributed by atoms with Crippen LogP contribution in [0.15, 0.2) is 18.3 Å². The number of H-pyrrole nitrogens is 1. The number of amides is 1. The highest BCUT2D eigenvalue weighted by Gasteiger charge is 2.14. The first kappa shape index (κ1) is 10.7. The van der Waals surface area contributed by atoms with Crippen LogP contribution in [0.5, 0.6) is 0 Å². The molecule has 0 aliphatic rings. The Morgan fingerprint density at radius 1 is 1.50 bits per heavy atom. The van der Waals surface area contributed by atoms with Gasteiger partial charge in [-0.05, 0) is 31.5 Å². The Balaban J connectivity index is 2.64. The topological polar surface area (TPSA) is 44.9 Å². The number of carbonyl (C=O) groups excluding carboxylic acids is 1. The fraction of sp³-hybridized carbons (Fsp3) is 0.250. The quantitative estimate of drug-likeness (QED) is 0.801. The summed E-state index contributed by atoms with van der Waals surface area (Å²) in [4.78, 5) is 14.7. The smallest absolute Gasteiger partial charge is 0.253 e. The number of halogens is 1. The molecule has 1 aromatic heterocycles. The van der Waals surface area contributed by atoms with E-state index >= 15 is 0 Å². The van der Waals surface area contributed by atoms with Gasteiger partial charge in [0, 0.05) is 18.1 Å². The summed E-state index contributed by atoms with van der Waals surface area (Å²) in [5.41, 5.74) is 1.84. The minimum atomic E-state index is -0.304. The number of aromatic nitrogens is 1. The van der Waals surface area contributed by atoms with E-state index < -0.39 is 0 Å². The van der Waals surface area contributed by atoms with Crippen LogP contribution in [0.4, 0.5) is 4.39 Å². The van der Waals surface area contributed by atoms with E-state index in [0.29, 0.717) is 23.0 Å². The van der Waals surface area contributed by atoms with Gasteiger partial charge in [-0.2, -0.15) is 0 Å². The number of rotatable bonds is 2. The van der Waals surface area contributed by atoms with E-state index in [1.165, 1.54) is 12.1 Å². The summed E-state index contributed by atoms with van der Waals surface area (Å²) in [6, 6.07) is 2.83. The predicted octanol–water partition coefficient (Wildman–Crippen LogP) is 2.37. The summed E-state index contributed by atoms with van der Waals surface area (Å²) in [5, 5.41) is 3.19. The van der Waals surface area contributed by atoms with Crippen molar-refractivity contribution in [2.24, 2.45) is 0 Å². The predicted molar refractivity (Wildman–Crippen MR) is 61.0 cm³/mol. The number of carbonyl (C=O) groups is 1. The lowest BCUT2D eigenvalue weighted by Gasteiger charge is -2.04. The molecule has 1 aromatic carbocycles. The van der Waals surface area contributed by atoms with Crippen LogP contribution in [0.25, 0.3) is 10.9 Å². The summed E-state index contributed by atoms with van der Waals surface area (Å²) in [6.07, 6.45) is 1.70. The van der Waals surface area contributed by atoms with Gasteiger partial charge in [-0.25, -0.2) is 4.39 Å². The fourth-order valence-electron chi connectivity index (χ4n) is 1.81. The Morgan fingerprint density at radius 3 is 2.94 bits per heavy atom. The van der Waals surface area contributed by atoms with E-state index in [9.17, 15) is 9.18 Å². The summed E-state index contributed by atoms with van der Waals surface area (Å²) < 4.78 is 13.6. The molecule has 0 atom stereocenters. The van der Waals surface area contributed by atoms with Gasteiger partial charge in [-0.3, -0.25) is 4.79 Å². The zero-order valence-electron chi connectivity index (χ0n) is 9.23. The third-order valence-electron chi connectivity index (χ3n) is 2.56. The van der Waals surface area contributed by atoms with Gasteiger partial charge < -0.3 is 10.3 Å². The number of hydrogen-bond donors (Lipinski definition) is 2. The maximum Gasteiger partial charge on any atom is 0.253 e. The molecular formula is C12H13FN2O. The largest absolute Gasteiger partial charge is 0.360 e. The second-order valence-corrected chi connectivity index (χ2v) is 3.68. The molecule has 2 N–H and O–H groups in total. The first-order valence-electron chi connectivity index (χ1n) is 5.19. The maximum absolute atomic E-state index is 13.6. The average Bonchev–Trinajstić information content (AvgIpc) is 2.62. The van der Waals surface area contributed by atoms with Crippen molar-refractivity contribution in [3.05, 3.63) is 35.3 Å². The van der Waals surface area contributed by atoms with Gasteiger partial charge in [0.1, 0.15) is 5.82 Å². The Kier molecular flexibility index (Phi) is 2.64. The molecule has 0 spiro atoms. The van der Waals surface area contributed by atoms with Crippen molar-refractivity contribution in [3.63, 3.8) is 0 Å². The van der Waals surface area contributed by atoms with Crippen molar-refractivity contribution in [1.29, 1.82) is 0 Å². The van der Waals surface area contributed by atoms with Crippen molar-refractivity contribution in [2.75, 3.05) is 6.54 Å². The highest BCUT2D eigenvalue weighted by Crippen LogP contribution is 2.24. The number of aryl methyl sites for hydroxylation is 1. The fourth-order valence-corrected chi connectivity index (χ4v) is 1.81. The summed E-state index contributed by atoms with van der Waals surface area (Å²) in [6.45, 7) is 4.21. The van der Waals surface area contributed by atoms with E-state index in [1.807, 2.05) is 13.8 Å². The molecule has 1 amide bonds. The highest BCUT2D eigenvalue weighted by molar-refractivity contribution is 6.06. The number of hydrogen-bond acceptors (Lipinski definition) is 1. The molecule has 4 heteroatoms. The monoisotopic (exact) mass is 220 g/mol.